The van der Waals surface area contributed by atoms with Crippen LogP contribution in [0.4, 0.5) is 16.2 Å². The van der Waals surface area contributed by atoms with Gasteiger partial charge in [0.25, 0.3) is 0 Å². The zero-order valence-corrected chi connectivity index (χ0v) is 19.6. The molecule has 1 aromatic carbocycles. The summed E-state index contributed by atoms with van der Waals surface area (Å²) in [4.78, 5) is 10.3. The van der Waals surface area contributed by atoms with E-state index in [1.54, 1.807) is 6.21 Å². The normalized spacial score (nSPS) is 16.3. The number of nitrogens with zero attached hydrogens (tertiary/aromatic N) is 4. The maximum Gasteiger partial charge on any atom is 0.245 e. The Hall–Kier alpha value is -3.46. The summed E-state index contributed by atoms with van der Waals surface area (Å²) in [7, 11) is 0. The summed E-state index contributed by atoms with van der Waals surface area (Å²) in [5.41, 5.74) is 5.69. The third-order valence-corrected chi connectivity index (χ3v) is 5.45. The topological polar surface area (TPSA) is 81.1 Å². The number of fused-ring (bicyclic) bond motifs is 1. The number of aromatic nitrogens is 2. The Morgan fingerprint density at radius 3 is 2.94 bits per heavy atom. The molecular formula is C25H30FN5O3. The number of nitrogens with one attached hydrogen (secondary N) is 1. The fourth-order valence-electron chi connectivity index (χ4n) is 3.92. The molecule has 4 rings (SSSR count). The lowest BCUT2D eigenvalue weighted by molar-refractivity contribution is 0.152. The molecule has 0 bridgehead atoms. The molecule has 180 valence electrons. The van der Waals surface area contributed by atoms with Gasteiger partial charge in [0.1, 0.15) is 11.5 Å². The third-order valence-electron chi connectivity index (χ3n) is 5.45. The lowest BCUT2D eigenvalue weighted by Gasteiger charge is -2.21. The van der Waals surface area contributed by atoms with Crippen molar-refractivity contribution in [1.82, 2.24) is 9.97 Å². The highest BCUT2D eigenvalue weighted by Crippen LogP contribution is 2.31. The Morgan fingerprint density at radius 2 is 2.09 bits per heavy atom. The molecule has 8 nitrogen and oxygen atoms in total. The monoisotopic (exact) mass is 467 g/mol. The summed E-state index contributed by atoms with van der Waals surface area (Å²) < 4.78 is 31.5. The zero-order valence-electron chi connectivity index (χ0n) is 19.6. The molecule has 1 fully saturated rings. The number of hydrazone groups is 1. The zero-order chi connectivity index (χ0) is 23.8. The van der Waals surface area contributed by atoms with E-state index in [2.05, 4.69) is 32.6 Å². The standard InChI is InChI=1S/C25H30FN5O3/c1-3-33-19-10-9-18-7-5-8-23(34-4-2)21(20(18)15-19)16-28-30-25-27-17-22(26)24(29-25)31-11-6-13-32-14-12-31/h5,7,9-10,15-17H,3-4,6,8,11-14H2,1-2H3,(H,27,29,30)/b28-16+. The second-order valence-electron chi connectivity index (χ2n) is 7.75. The second-order valence-corrected chi connectivity index (χ2v) is 7.75. The van der Waals surface area contributed by atoms with E-state index >= 15 is 0 Å². The first kappa shape index (κ1) is 23.7. The van der Waals surface area contributed by atoms with E-state index in [-0.39, 0.29) is 11.8 Å². The minimum Gasteiger partial charge on any atom is -0.497 e. The highest BCUT2D eigenvalue weighted by molar-refractivity contribution is 6.12. The van der Waals surface area contributed by atoms with E-state index < -0.39 is 5.82 Å². The first-order valence-electron chi connectivity index (χ1n) is 11.6. The molecular weight excluding hydrogens is 437 g/mol. The van der Waals surface area contributed by atoms with E-state index in [9.17, 15) is 4.39 Å². The van der Waals surface area contributed by atoms with Gasteiger partial charge in [-0.3, -0.25) is 0 Å². The summed E-state index contributed by atoms with van der Waals surface area (Å²) in [6.07, 6.45) is 8.45. The van der Waals surface area contributed by atoms with Gasteiger partial charge in [0.2, 0.25) is 5.95 Å². The highest BCUT2D eigenvalue weighted by atomic mass is 19.1. The van der Waals surface area contributed by atoms with Crippen molar-refractivity contribution >= 4 is 29.6 Å². The van der Waals surface area contributed by atoms with E-state index in [1.165, 1.54) is 0 Å². The first-order chi connectivity index (χ1) is 16.7. The molecule has 2 aromatic rings. The van der Waals surface area contributed by atoms with Crippen molar-refractivity contribution in [2.24, 2.45) is 5.10 Å². The lowest BCUT2D eigenvalue weighted by Crippen LogP contribution is -2.28. The first-order valence-corrected chi connectivity index (χ1v) is 11.6. The van der Waals surface area contributed by atoms with Crippen LogP contribution in [-0.2, 0) is 9.47 Å². The molecule has 2 aliphatic rings. The number of hydrogen-bond donors (Lipinski definition) is 1. The van der Waals surface area contributed by atoms with Crippen LogP contribution in [0.25, 0.3) is 11.6 Å². The number of halogens is 1. The van der Waals surface area contributed by atoms with Crippen molar-refractivity contribution < 1.29 is 18.6 Å². The number of benzene rings is 1. The number of hydrogen-bond acceptors (Lipinski definition) is 8. The van der Waals surface area contributed by atoms with E-state index in [4.69, 9.17) is 14.2 Å². The molecule has 0 atom stereocenters. The average Bonchev–Trinajstić information content (AvgIpc) is 3.21. The number of rotatable bonds is 8. The Labute approximate surface area is 199 Å². The average molecular weight is 468 g/mol. The minimum atomic E-state index is -0.468. The molecule has 9 heteroatoms. The van der Waals surface area contributed by atoms with Gasteiger partial charge in [-0.05, 0) is 43.5 Å². The molecule has 1 saturated heterocycles. The van der Waals surface area contributed by atoms with Gasteiger partial charge in [0.15, 0.2) is 11.6 Å². The van der Waals surface area contributed by atoms with Gasteiger partial charge in [0.05, 0.1) is 32.2 Å². The summed E-state index contributed by atoms with van der Waals surface area (Å²) in [6.45, 7) is 7.48. The predicted molar refractivity (Wildman–Crippen MR) is 132 cm³/mol. The lowest BCUT2D eigenvalue weighted by atomic mass is 10.00. The third kappa shape index (κ3) is 5.72. The van der Waals surface area contributed by atoms with E-state index in [0.29, 0.717) is 45.9 Å². The van der Waals surface area contributed by atoms with Crippen LogP contribution in [-0.4, -0.2) is 55.7 Å². The van der Waals surface area contributed by atoms with Gasteiger partial charge in [-0.1, -0.05) is 18.2 Å². The molecule has 0 amide bonds. The van der Waals surface area contributed by atoms with Gasteiger partial charge < -0.3 is 19.1 Å². The summed E-state index contributed by atoms with van der Waals surface area (Å²) in [5.74, 6) is 1.58. The van der Waals surface area contributed by atoms with Gasteiger partial charge in [-0.15, -0.1) is 0 Å². The number of ether oxygens (including phenoxy) is 3. The predicted octanol–water partition coefficient (Wildman–Crippen LogP) is 4.50. The van der Waals surface area contributed by atoms with Gasteiger partial charge in [0, 0.05) is 31.7 Å². The SMILES string of the molecule is CCOC1=C(/C=N/Nc2ncc(F)c(N3CCCOCC3)n2)c2cc(OCC)ccc2C=CC1. The summed E-state index contributed by atoms with van der Waals surface area (Å²) in [6, 6.07) is 5.96. The molecule has 0 saturated carbocycles. The maximum atomic E-state index is 14.4. The van der Waals surface area contributed by atoms with Crippen molar-refractivity contribution in [1.29, 1.82) is 0 Å². The van der Waals surface area contributed by atoms with Crippen LogP contribution in [0.15, 0.2) is 41.3 Å². The van der Waals surface area contributed by atoms with E-state index in [1.807, 2.05) is 36.9 Å². The van der Waals surface area contributed by atoms with Crippen LogP contribution in [0.1, 0.15) is 37.8 Å². The molecule has 2 heterocycles. The highest BCUT2D eigenvalue weighted by Gasteiger charge is 2.18. The Bertz CT molecular complexity index is 1080. The number of anilines is 2. The van der Waals surface area contributed by atoms with Crippen molar-refractivity contribution in [2.75, 3.05) is 49.8 Å². The van der Waals surface area contributed by atoms with Crippen LogP contribution in [0.2, 0.25) is 0 Å². The molecule has 0 radical (unpaired) electrons. The molecule has 0 unspecified atom stereocenters. The van der Waals surface area contributed by atoms with Crippen LogP contribution in [0, 0.1) is 5.82 Å². The molecule has 1 aliphatic heterocycles. The molecule has 1 aromatic heterocycles. The molecule has 34 heavy (non-hydrogen) atoms. The van der Waals surface area contributed by atoms with Gasteiger partial charge in [-0.2, -0.15) is 10.1 Å². The Morgan fingerprint density at radius 1 is 1.21 bits per heavy atom. The van der Waals surface area contributed by atoms with Crippen molar-refractivity contribution in [3.8, 4) is 5.75 Å². The maximum absolute atomic E-state index is 14.4. The molecule has 0 spiro atoms. The fourth-order valence-corrected chi connectivity index (χ4v) is 3.92. The minimum absolute atomic E-state index is 0.214. The number of allylic oxidation sites excluding steroid dienone is 2. The quantitative estimate of drug-likeness (QED) is 0.452. The van der Waals surface area contributed by atoms with Gasteiger partial charge >= 0.3 is 0 Å². The van der Waals surface area contributed by atoms with Crippen LogP contribution < -0.4 is 15.1 Å². The second kappa shape index (κ2) is 11.6. The van der Waals surface area contributed by atoms with Crippen LogP contribution in [0.5, 0.6) is 5.75 Å². The van der Waals surface area contributed by atoms with Crippen molar-refractivity contribution in [3.05, 3.63) is 53.2 Å². The molecule has 1 N–H and O–H groups in total. The largest absolute Gasteiger partial charge is 0.497 e. The van der Waals surface area contributed by atoms with E-state index in [0.717, 1.165) is 40.8 Å². The Kier molecular flexibility index (Phi) is 8.08. The van der Waals surface area contributed by atoms with Crippen LogP contribution >= 0.6 is 0 Å². The van der Waals surface area contributed by atoms with Gasteiger partial charge in [-0.25, -0.2) is 14.8 Å². The fraction of sp³-hybridized carbons (Fsp3) is 0.400. The summed E-state index contributed by atoms with van der Waals surface area (Å²) >= 11 is 0. The Balaban J connectivity index is 1.60. The summed E-state index contributed by atoms with van der Waals surface area (Å²) in [5, 5.41) is 4.38. The van der Waals surface area contributed by atoms with Crippen molar-refractivity contribution in [2.45, 2.75) is 26.7 Å². The molecule has 1 aliphatic carbocycles. The van der Waals surface area contributed by atoms with Crippen LogP contribution in [0.3, 0.4) is 0 Å². The smallest absolute Gasteiger partial charge is 0.245 e. The van der Waals surface area contributed by atoms with Crippen molar-refractivity contribution in [3.63, 3.8) is 0 Å².